The highest BCUT2D eigenvalue weighted by molar-refractivity contribution is 5.92. The molecule has 0 aromatic carbocycles. The van der Waals surface area contributed by atoms with Crippen molar-refractivity contribution >= 4 is 23.5 Å². The van der Waals surface area contributed by atoms with Crippen LogP contribution in [0.3, 0.4) is 0 Å². The van der Waals surface area contributed by atoms with E-state index in [1.165, 1.54) is 6.42 Å². The predicted molar refractivity (Wildman–Crippen MR) is 116 cm³/mol. The van der Waals surface area contributed by atoms with Gasteiger partial charge in [-0.25, -0.2) is 0 Å². The van der Waals surface area contributed by atoms with Crippen LogP contribution in [-0.4, -0.2) is 69.1 Å². The van der Waals surface area contributed by atoms with Crippen molar-refractivity contribution in [2.45, 2.75) is 39.7 Å². The smallest absolute Gasteiger partial charge is 0.156 e. The van der Waals surface area contributed by atoms with E-state index < -0.39 is 0 Å². The molecule has 160 valence electrons. The molecule has 1 saturated heterocycles. The number of aliphatic hydroxyl groups excluding tert-OH is 1. The Morgan fingerprint density at radius 2 is 2.14 bits per heavy atom. The average Bonchev–Trinajstić information content (AvgIpc) is 3.38. The van der Waals surface area contributed by atoms with Crippen molar-refractivity contribution in [2.24, 2.45) is 7.05 Å². The second kappa shape index (κ2) is 10.1. The second-order valence-electron chi connectivity index (χ2n) is 7.24. The molecule has 0 radical (unpaired) electrons. The maximum atomic E-state index is 11.5. The average molecular weight is 404 g/mol. The van der Waals surface area contributed by atoms with Crippen LogP contribution in [0.4, 0.5) is 11.6 Å². The van der Waals surface area contributed by atoms with Crippen LogP contribution in [0.15, 0.2) is 12.3 Å². The molecule has 3 heterocycles. The summed E-state index contributed by atoms with van der Waals surface area (Å²) in [5.74, 6) is 1.08. The van der Waals surface area contributed by atoms with Gasteiger partial charge in [0.05, 0.1) is 23.1 Å². The molecule has 1 aliphatic rings. The number of nitrogens with zero attached hydrogens (tertiary/aromatic N) is 5. The number of hydrogen-bond donors (Lipinski definition) is 3. The van der Waals surface area contributed by atoms with E-state index in [1.54, 1.807) is 4.68 Å². The van der Waals surface area contributed by atoms with Crippen LogP contribution >= 0.6 is 0 Å². The summed E-state index contributed by atoms with van der Waals surface area (Å²) in [6.45, 7) is 8.45. The lowest BCUT2D eigenvalue weighted by Crippen LogP contribution is -2.23. The van der Waals surface area contributed by atoms with Gasteiger partial charge in [0.15, 0.2) is 12.1 Å². The Balaban J connectivity index is 0.000000941. The lowest BCUT2D eigenvalue weighted by atomic mass is 10.1. The number of hydrogen-bond acceptors (Lipinski definition) is 7. The molecule has 1 atom stereocenters. The molecule has 9 nitrogen and oxygen atoms in total. The molecule has 0 unspecified atom stereocenters. The van der Waals surface area contributed by atoms with Crippen molar-refractivity contribution in [3.8, 4) is 0 Å². The van der Waals surface area contributed by atoms with Crippen molar-refractivity contribution in [3.63, 3.8) is 0 Å². The number of carbonyl (C=O) groups excluding carboxylic acids is 1. The summed E-state index contributed by atoms with van der Waals surface area (Å²) in [5.41, 5.74) is 8.12. The standard InChI is InChI=1S/C17H25N7O2.C3H8/c1-4-22(2)9-12(16-13(10-25)17(18)20-19-16)14-7-15(23(3)21-14)24-6-5-11(26)8-24;1-3-2/h7,9-11,26H,4-6,8H2,1-3H3,(H3,18,19,20);3H2,1-2H3/b12-9-;/t11-;/m0./s1. The number of aldehydes is 1. The molecule has 0 bridgehead atoms. The first-order chi connectivity index (χ1) is 13.9. The normalized spacial score (nSPS) is 16.6. The fourth-order valence-corrected chi connectivity index (χ4v) is 3.09. The van der Waals surface area contributed by atoms with Gasteiger partial charge in [-0.05, 0) is 13.3 Å². The van der Waals surface area contributed by atoms with Crippen molar-refractivity contribution in [1.29, 1.82) is 0 Å². The lowest BCUT2D eigenvalue weighted by molar-refractivity contribution is 0.112. The van der Waals surface area contributed by atoms with Crippen LogP contribution in [0, 0.1) is 0 Å². The van der Waals surface area contributed by atoms with Gasteiger partial charge in [0.25, 0.3) is 0 Å². The monoisotopic (exact) mass is 403 g/mol. The summed E-state index contributed by atoms with van der Waals surface area (Å²) in [5, 5.41) is 21.3. The largest absolute Gasteiger partial charge is 0.391 e. The quantitative estimate of drug-likeness (QED) is 0.630. The third kappa shape index (κ3) is 5.17. The summed E-state index contributed by atoms with van der Waals surface area (Å²) in [7, 11) is 3.81. The minimum absolute atomic E-state index is 0.166. The molecule has 9 heteroatoms. The number of H-pyrrole nitrogens is 1. The molecule has 0 spiro atoms. The zero-order valence-corrected chi connectivity index (χ0v) is 18.0. The van der Waals surface area contributed by atoms with E-state index in [0.717, 1.165) is 30.9 Å². The molecule has 29 heavy (non-hydrogen) atoms. The number of aromatic nitrogens is 4. The number of nitrogen functional groups attached to an aromatic ring is 1. The van der Waals surface area contributed by atoms with Crippen molar-refractivity contribution in [1.82, 2.24) is 24.9 Å². The van der Waals surface area contributed by atoms with Crippen molar-refractivity contribution in [2.75, 3.05) is 37.3 Å². The van der Waals surface area contributed by atoms with Gasteiger partial charge >= 0.3 is 0 Å². The van der Waals surface area contributed by atoms with E-state index in [0.29, 0.717) is 29.8 Å². The molecular weight excluding hydrogens is 370 g/mol. The number of carbonyl (C=O) groups is 1. The van der Waals surface area contributed by atoms with E-state index >= 15 is 0 Å². The van der Waals surface area contributed by atoms with Gasteiger partial charge in [-0.2, -0.15) is 10.2 Å². The Hall–Kier alpha value is -2.81. The lowest BCUT2D eigenvalue weighted by Gasteiger charge is -2.16. The Morgan fingerprint density at radius 1 is 1.45 bits per heavy atom. The molecule has 1 aliphatic heterocycles. The molecule has 0 saturated carbocycles. The van der Waals surface area contributed by atoms with Crippen molar-refractivity contribution < 1.29 is 9.90 Å². The topological polar surface area (TPSA) is 116 Å². The van der Waals surface area contributed by atoms with E-state index in [2.05, 4.69) is 34.0 Å². The van der Waals surface area contributed by atoms with Crippen LogP contribution in [0.5, 0.6) is 0 Å². The van der Waals surface area contributed by atoms with Crippen LogP contribution in [0.25, 0.3) is 5.57 Å². The highest BCUT2D eigenvalue weighted by Crippen LogP contribution is 2.30. The van der Waals surface area contributed by atoms with Gasteiger partial charge < -0.3 is 20.6 Å². The van der Waals surface area contributed by atoms with Gasteiger partial charge in [0, 0.05) is 51.6 Å². The zero-order chi connectivity index (χ0) is 21.6. The Bertz CT molecular complexity index is 840. The minimum atomic E-state index is -0.316. The zero-order valence-electron chi connectivity index (χ0n) is 18.0. The Morgan fingerprint density at radius 3 is 2.69 bits per heavy atom. The molecule has 2 aromatic heterocycles. The van der Waals surface area contributed by atoms with Gasteiger partial charge in [0.1, 0.15) is 5.82 Å². The molecule has 1 fully saturated rings. The summed E-state index contributed by atoms with van der Waals surface area (Å²) in [4.78, 5) is 15.6. The Labute approximate surface area is 172 Å². The maximum Gasteiger partial charge on any atom is 0.156 e. The Kier molecular flexibility index (Phi) is 7.83. The maximum absolute atomic E-state index is 11.5. The first-order valence-corrected chi connectivity index (χ1v) is 10.0. The fraction of sp³-hybridized carbons (Fsp3) is 0.550. The molecule has 3 rings (SSSR count). The second-order valence-corrected chi connectivity index (χ2v) is 7.24. The van der Waals surface area contributed by atoms with Crippen LogP contribution in [0.1, 0.15) is 55.4 Å². The SMILES string of the molecule is CCC.CCN(C)/C=C(/c1cc(N2CC[C@H](O)C2)n(C)n1)c1[nH]nc(N)c1C=O. The number of β-amino-alcohol motifs (C(OH)–C–C–N with tert-alkyl or cyclic N) is 1. The summed E-state index contributed by atoms with van der Waals surface area (Å²) >= 11 is 0. The molecule has 2 aromatic rings. The summed E-state index contributed by atoms with van der Waals surface area (Å²) in [6.07, 6.45) is 4.30. The first-order valence-electron chi connectivity index (χ1n) is 10.0. The first kappa shape index (κ1) is 22.5. The number of aryl methyl sites for hydroxylation is 1. The van der Waals surface area contributed by atoms with Gasteiger partial charge in [0.2, 0.25) is 0 Å². The number of aliphatic hydroxyl groups is 1. The minimum Gasteiger partial charge on any atom is -0.391 e. The van der Waals surface area contributed by atoms with E-state index in [1.807, 2.05) is 38.2 Å². The molecule has 0 amide bonds. The van der Waals surface area contributed by atoms with Crippen LogP contribution in [-0.2, 0) is 7.05 Å². The molecular formula is C20H33N7O2. The molecule has 0 aliphatic carbocycles. The number of rotatable bonds is 6. The third-order valence-electron chi connectivity index (χ3n) is 4.69. The number of aromatic amines is 1. The summed E-state index contributed by atoms with van der Waals surface area (Å²) in [6, 6.07) is 1.96. The number of anilines is 2. The van der Waals surface area contributed by atoms with Gasteiger partial charge in [-0.1, -0.05) is 20.3 Å². The van der Waals surface area contributed by atoms with E-state index in [9.17, 15) is 9.90 Å². The summed E-state index contributed by atoms with van der Waals surface area (Å²) < 4.78 is 1.79. The highest BCUT2D eigenvalue weighted by atomic mass is 16.3. The third-order valence-corrected chi connectivity index (χ3v) is 4.69. The van der Waals surface area contributed by atoms with Crippen molar-refractivity contribution in [3.05, 3.63) is 29.2 Å². The van der Waals surface area contributed by atoms with Gasteiger partial charge in [-0.3, -0.25) is 14.6 Å². The van der Waals surface area contributed by atoms with Gasteiger partial charge in [-0.15, -0.1) is 0 Å². The molecule has 4 N–H and O–H groups in total. The van der Waals surface area contributed by atoms with E-state index in [-0.39, 0.29) is 11.9 Å². The number of nitrogens with two attached hydrogens (primary N) is 1. The fourth-order valence-electron chi connectivity index (χ4n) is 3.09. The number of nitrogens with one attached hydrogen (secondary N) is 1. The van der Waals surface area contributed by atoms with Crippen LogP contribution in [0.2, 0.25) is 0 Å². The van der Waals surface area contributed by atoms with Crippen LogP contribution < -0.4 is 10.6 Å². The van der Waals surface area contributed by atoms with E-state index in [4.69, 9.17) is 5.73 Å². The highest BCUT2D eigenvalue weighted by Gasteiger charge is 2.25. The predicted octanol–water partition coefficient (Wildman–Crippen LogP) is 1.87.